The molecule has 8 heteroatoms. The zero-order valence-electron chi connectivity index (χ0n) is 15.0. The number of hydrogen-bond donors (Lipinski definition) is 1. The molecule has 1 N–H and O–H groups in total. The van der Waals surface area contributed by atoms with Crippen molar-refractivity contribution in [3.63, 3.8) is 0 Å². The lowest BCUT2D eigenvalue weighted by molar-refractivity contribution is 0.0364. The second kappa shape index (κ2) is 9.11. The van der Waals surface area contributed by atoms with Gasteiger partial charge in [0.2, 0.25) is 0 Å². The summed E-state index contributed by atoms with van der Waals surface area (Å²) in [6, 6.07) is 14.5. The zero-order valence-corrected chi connectivity index (χ0v) is 15.8. The Morgan fingerprint density at radius 2 is 1.96 bits per heavy atom. The van der Waals surface area contributed by atoms with Crippen LogP contribution in [-0.2, 0) is 11.3 Å². The summed E-state index contributed by atoms with van der Waals surface area (Å²) in [5, 5.41) is 0.412. The van der Waals surface area contributed by atoms with Gasteiger partial charge in [0.15, 0.2) is 5.82 Å². The van der Waals surface area contributed by atoms with Crippen LogP contribution < -0.4 is 15.0 Å². The molecule has 0 aliphatic heterocycles. The normalized spacial score (nSPS) is 10.4. The summed E-state index contributed by atoms with van der Waals surface area (Å²) in [4.78, 5) is 21.3. The van der Waals surface area contributed by atoms with E-state index >= 15 is 0 Å². The van der Waals surface area contributed by atoms with Gasteiger partial charge < -0.3 is 9.47 Å². The number of rotatable bonds is 8. The van der Waals surface area contributed by atoms with Crippen molar-refractivity contribution in [3.8, 4) is 16.7 Å². The van der Waals surface area contributed by atoms with Crippen LogP contribution in [0.15, 0.2) is 48.5 Å². The summed E-state index contributed by atoms with van der Waals surface area (Å²) in [5.41, 5.74) is 3.83. The van der Waals surface area contributed by atoms with Gasteiger partial charge in [-0.1, -0.05) is 18.2 Å². The molecule has 0 spiro atoms. The van der Waals surface area contributed by atoms with Gasteiger partial charge in [-0.2, -0.15) is 9.36 Å². The van der Waals surface area contributed by atoms with E-state index in [0.29, 0.717) is 35.4 Å². The molecule has 1 aromatic heterocycles. The van der Waals surface area contributed by atoms with E-state index in [9.17, 15) is 4.79 Å². The first-order valence-electron chi connectivity index (χ1n) is 8.33. The molecular formula is C19H19N3O4S. The number of nitrogens with one attached hydrogen (secondary N) is 1. The lowest BCUT2D eigenvalue weighted by Crippen LogP contribution is -2.23. The molecule has 0 saturated heterocycles. The predicted octanol–water partition coefficient (Wildman–Crippen LogP) is 3.61. The lowest BCUT2D eigenvalue weighted by atomic mass is 10.1. The summed E-state index contributed by atoms with van der Waals surface area (Å²) in [7, 11) is 1.63. The number of amides is 1. The fourth-order valence-electron chi connectivity index (χ4n) is 2.31. The quantitative estimate of drug-likeness (QED) is 0.597. The van der Waals surface area contributed by atoms with Gasteiger partial charge in [0, 0.05) is 23.5 Å². The molecular weight excluding hydrogens is 366 g/mol. The van der Waals surface area contributed by atoms with Gasteiger partial charge in [0.25, 0.3) is 11.1 Å². The molecule has 0 unspecified atom stereocenters. The molecule has 0 atom stereocenters. The van der Waals surface area contributed by atoms with Crippen LogP contribution in [0.1, 0.15) is 28.7 Å². The average molecular weight is 385 g/mol. The number of carbonyl (C=O) groups excluding carboxylic acids is 1. The molecule has 0 fully saturated rings. The SMILES string of the molecule is CCONC(=O)c1cccc(Oc2nc(Cc3cccc(OC)c3)ns2)c1. The Labute approximate surface area is 161 Å². The maximum atomic E-state index is 11.9. The topological polar surface area (TPSA) is 82.6 Å². The van der Waals surface area contributed by atoms with E-state index < -0.39 is 0 Å². The highest BCUT2D eigenvalue weighted by Crippen LogP contribution is 2.25. The van der Waals surface area contributed by atoms with Gasteiger partial charge in [0.1, 0.15) is 11.5 Å². The van der Waals surface area contributed by atoms with E-state index in [0.717, 1.165) is 22.8 Å². The van der Waals surface area contributed by atoms with Crippen LogP contribution in [0.2, 0.25) is 0 Å². The van der Waals surface area contributed by atoms with Gasteiger partial charge in [-0.3, -0.25) is 9.63 Å². The van der Waals surface area contributed by atoms with E-state index in [1.54, 1.807) is 38.3 Å². The third kappa shape index (κ3) is 5.25. The molecule has 3 aromatic rings. The van der Waals surface area contributed by atoms with Crippen molar-refractivity contribution >= 4 is 17.4 Å². The van der Waals surface area contributed by atoms with Gasteiger partial charge in [0.05, 0.1) is 13.7 Å². The second-order valence-electron chi connectivity index (χ2n) is 5.50. The number of nitrogens with zero attached hydrogens (tertiary/aromatic N) is 2. The number of carbonyl (C=O) groups is 1. The summed E-state index contributed by atoms with van der Waals surface area (Å²) >= 11 is 1.16. The van der Waals surface area contributed by atoms with E-state index in [1.807, 2.05) is 24.3 Å². The van der Waals surface area contributed by atoms with E-state index in [2.05, 4.69) is 14.8 Å². The largest absolute Gasteiger partial charge is 0.497 e. The molecule has 0 aliphatic rings. The van der Waals surface area contributed by atoms with Crippen LogP contribution >= 0.6 is 11.5 Å². The summed E-state index contributed by atoms with van der Waals surface area (Å²) < 4.78 is 15.3. The minimum atomic E-state index is -0.335. The number of hydroxylamine groups is 1. The minimum Gasteiger partial charge on any atom is -0.497 e. The van der Waals surface area contributed by atoms with Gasteiger partial charge in [-0.15, -0.1) is 0 Å². The maximum absolute atomic E-state index is 11.9. The monoisotopic (exact) mass is 385 g/mol. The second-order valence-corrected chi connectivity index (χ2v) is 6.21. The fraction of sp³-hybridized carbons (Fsp3) is 0.211. The number of benzene rings is 2. The first-order chi connectivity index (χ1) is 13.2. The van der Waals surface area contributed by atoms with Crippen molar-refractivity contribution in [2.24, 2.45) is 0 Å². The first-order valence-corrected chi connectivity index (χ1v) is 9.11. The van der Waals surface area contributed by atoms with Gasteiger partial charge in [-0.05, 0) is 42.8 Å². The molecule has 1 amide bonds. The van der Waals surface area contributed by atoms with Crippen molar-refractivity contribution in [3.05, 3.63) is 65.5 Å². The fourth-order valence-corrected chi connectivity index (χ4v) is 2.88. The van der Waals surface area contributed by atoms with Gasteiger partial charge >= 0.3 is 0 Å². The predicted molar refractivity (Wildman–Crippen MR) is 101 cm³/mol. The standard InChI is InChI=1S/C19H19N3O4S/c1-3-25-21-18(23)14-7-5-9-16(12-14)26-19-20-17(22-27-19)11-13-6-4-8-15(10-13)24-2/h4-10,12H,3,11H2,1-2H3,(H,21,23). The molecule has 3 rings (SSSR count). The average Bonchev–Trinajstić information content (AvgIpc) is 3.13. The van der Waals surface area contributed by atoms with Gasteiger partial charge in [-0.25, -0.2) is 5.48 Å². The van der Waals surface area contributed by atoms with E-state index in [1.165, 1.54) is 0 Å². The van der Waals surface area contributed by atoms with E-state index in [-0.39, 0.29) is 5.91 Å². The first kappa shape index (κ1) is 18.8. The number of methoxy groups -OCH3 is 1. The van der Waals surface area contributed by atoms with Crippen LogP contribution in [0.4, 0.5) is 0 Å². The van der Waals surface area contributed by atoms with Crippen molar-refractivity contribution in [2.45, 2.75) is 13.3 Å². The molecule has 0 radical (unpaired) electrons. The Morgan fingerprint density at radius 3 is 2.78 bits per heavy atom. The molecule has 7 nitrogen and oxygen atoms in total. The summed E-state index contributed by atoms with van der Waals surface area (Å²) in [6.07, 6.45) is 0.577. The van der Waals surface area contributed by atoms with Crippen LogP contribution in [0.3, 0.4) is 0 Å². The highest BCUT2D eigenvalue weighted by Gasteiger charge is 2.10. The van der Waals surface area contributed by atoms with Crippen molar-refractivity contribution in [1.29, 1.82) is 0 Å². The third-order valence-electron chi connectivity index (χ3n) is 3.56. The van der Waals surface area contributed by atoms with Crippen molar-refractivity contribution in [2.75, 3.05) is 13.7 Å². The smallest absolute Gasteiger partial charge is 0.298 e. The van der Waals surface area contributed by atoms with Crippen molar-refractivity contribution < 1.29 is 19.1 Å². The Bertz CT molecular complexity index is 913. The molecule has 0 aliphatic carbocycles. The van der Waals surface area contributed by atoms with Crippen LogP contribution in [0.25, 0.3) is 0 Å². The summed E-state index contributed by atoms with van der Waals surface area (Å²) in [5.74, 6) is 1.62. The van der Waals surface area contributed by atoms with Crippen LogP contribution in [0.5, 0.6) is 16.7 Å². The zero-order chi connectivity index (χ0) is 19.1. The molecule has 1 heterocycles. The molecule has 2 aromatic carbocycles. The van der Waals surface area contributed by atoms with Crippen LogP contribution in [0, 0.1) is 0 Å². The molecule has 27 heavy (non-hydrogen) atoms. The minimum absolute atomic E-state index is 0.335. The van der Waals surface area contributed by atoms with E-state index in [4.69, 9.17) is 14.3 Å². The maximum Gasteiger partial charge on any atom is 0.298 e. The molecule has 0 bridgehead atoms. The molecule has 0 saturated carbocycles. The van der Waals surface area contributed by atoms with Crippen molar-refractivity contribution in [1.82, 2.24) is 14.8 Å². The highest BCUT2D eigenvalue weighted by atomic mass is 32.1. The third-order valence-corrected chi connectivity index (χ3v) is 4.19. The molecule has 140 valence electrons. The lowest BCUT2D eigenvalue weighted by Gasteiger charge is -2.06. The number of ether oxygens (including phenoxy) is 2. The Balaban J connectivity index is 1.66. The summed E-state index contributed by atoms with van der Waals surface area (Å²) in [6.45, 7) is 2.18. The number of hydrogen-bond acceptors (Lipinski definition) is 7. The van der Waals surface area contributed by atoms with Crippen LogP contribution in [-0.4, -0.2) is 29.0 Å². The number of aromatic nitrogens is 2. The Hall–Kier alpha value is -2.97. The Kier molecular flexibility index (Phi) is 6.35. The highest BCUT2D eigenvalue weighted by molar-refractivity contribution is 7.07. The Morgan fingerprint density at radius 1 is 1.15 bits per heavy atom.